The standard InChI is InChI=1S/C24H26BrNO3/c1-17-14-21(25)12-11-20(17)16-26(24(29)19-7-3-2-4-8-19)22-9-5-6-18(15-22)10-13-23(27)28/h5-6,9-15,19H,2-4,7-8,16H2,1H3,(H,27,28). The van der Waals surface area contributed by atoms with Crippen LogP contribution in [0, 0.1) is 12.8 Å². The van der Waals surface area contributed by atoms with Crippen molar-refractivity contribution < 1.29 is 14.7 Å². The SMILES string of the molecule is Cc1cc(Br)ccc1CN(C(=O)C1CCCCC1)c1cccc(C=CC(=O)O)c1. The van der Waals surface area contributed by atoms with Gasteiger partial charge in [-0.15, -0.1) is 0 Å². The molecular formula is C24H26BrNO3. The Kier molecular flexibility index (Phi) is 7.26. The summed E-state index contributed by atoms with van der Waals surface area (Å²) in [5.41, 5.74) is 3.79. The molecule has 2 aromatic rings. The van der Waals surface area contributed by atoms with Gasteiger partial charge in [0.1, 0.15) is 0 Å². The number of carboxylic acid groups (broad SMARTS) is 1. The summed E-state index contributed by atoms with van der Waals surface area (Å²) in [6.45, 7) is 2.55. The molecule has 1 amide bonds. The second-order valence-electron chi connectivity index (χ2n) is 7.60. The Morgan fingerprint density at radius 1 is 1.14 bits per heavy atom. The zero-order valence-electron chi connectivity index (χ0n) is 16.6. The number of carbonyl (C=O) groups excluding carboxylic acids is 1. The van der Waals surface area contributed by atoms with Gasteiger partial charge < -0.3 is 10.0 Å². The molecule has 0 aromatic heterocycles. The number of amides is 1. The Balaban J connectivity index is 1.94. The van der Waals surface area contributed by atoms with Crippen LogP contribution < -0.4 is 4.90 Å². The molecule has 0 unspecified atom stereocenters. The minimum absolute atomic E-state index is 0.0534. The van der Waals surface area contributed by atoms with E-state index in [1.165, 1.54) is 6.42 Å². The number of carboxylic acids is 1. The van der Waals surface area contributed by atoms with Crippen LogP contribution in [-0.2, 0) is 16.1 Å². The third kappa shape index (κ3) is 5.80. The fraction of sp³-hybridized carbons (Fsp3) is 0.333. The minimum Gasteiger partial charge on any atom is -0.478 e. The average Bonchev–Trinajstić information content (AvgIpc) is 2.72. The highest BCUT2D eigenvalue weighted by Gasteiger charge is 2.27. The fourth-order valence-electron chi connectivity index (χ4n) is 3.84. The van der Waals surface area contributed by atoms with E-state index < -0.39 is 5.97 Å². The first-order chi connectivity index (χ1) is 13.9. The summed E-state index contributed by atoms with van der Waals surface area (Å²) in [4.78, 5) is 26.2. The molecule has 0 atom stereocenters. The number of aliphatic carboxylic acids is 1. The summed E-state index contributed by atoms with van der Waals surface area (Å²) >= 11 is 3.50. The average molecular weight is 456 g/mol. The van der Waals surface area contributed by atoms with Gasteiger partial charge in [-0.1, -0.05) is 53.4 Å². The van der Waals surface area contributed by atoms with Crippen molar-refractivity contribution in [3.8, 4) is 0 Å². The molecule has 0 heterocycles. The lowest BCUT2D eigenvalue weighted by Gasteiger charge is -2.30. The smallest absolute Gasteiger partial charge is 0.328 e. The fourth-order valence-corrected chi connectivity index (χ4v) is 4.31. The Morgan fingerprint density at radius 2 is 1.90 bits per heavy atom. The summed E-state index contributed by atoms with van der Waals surface area (Å²) in [6.07, 6.45) is 7.95. The molecule has 1 N–H and O–H groups in total. The molecule has 0 saturated heterocycles. The van der Waals surface area contributed by atoms with E-state index in [1.54, 1.807) is 6.08 Å². The van der Waals surface area contributed by atoms with Gasteiger partial charge in [-0.2, -0.15) is 0 Å². The third-order valence-corrected chi connectivity index (χ3v) is 5.95. The van der Waals surface area contributed by atoms with Gasteiger partial charge in [0.15, 0.2) is 0 Å². The molecule has 3 rings (SSSR count). The summed E-state index contributed by atoms with van der Waals surface area (Å²) in [6, 6.07) is 13.6. The van der Waals surface area contributed by atoms with Crippen LogP contribution >= 0.6 is 15.9 Å². The maximum Gasteiger partial charge on any atom is 0.328 e. The predicted molar refractivity (Wildman–Crippen MR) is 120 cm³/mol. The predicted octanol–water partition coefficient (Wildman–Crippen LogP) is 5.97. The molecule has 5 heteroatoms. The Morgan fingerprint density at radius 3 is 2.59 bits per heavy atom. The van der Waals surface area contributed by atoms with Crippen LogP contribution in [0.2, 0.25) is 0 Å². The Hall–Kier alpha value is -2.40. The lowest BCUT2D eigenvalue weighted by atomic mass is 9.88. The molecule has 0 radical (unpaired) electrons. The molecule has 0 bridgehead atoms. The molecule has 4 nitrogen and oxygen atoms in total. The van der Waals surface area contributed by atoms with E-state index in [0.717, 1.165) is 58.6 Å². The van der Waals surface area contributed by atoms with E-state index >= 15 is 0 Å². The number of carbonyl (C=O) groups is 2. The van der Waals surface area contributed by atoms with Gasteiger partial charge in [0.05, 0.1) is 6.54 Å². The Labute approximate surface area is 180 Å². The molecule has 152 valence electrons. The minimum atomic E-state index is -0.990. The number of benzene rings is 2. The van der Waals surface area contributed by atoms with Crippen LogP contribution in [0.25, 0.3) is 6.08 Å². The maximum atomic E-state index is 13.5. The molecule has 1 aliphatic carbocycles. The van der Waals surface area contributed by atoms with E-state index in [9.17, 15) is 9.59 Å². The molecule has 29 heavy (non-hydrogen) atoms. The van der Waals surface area contributed by atoms with Crippen molar-refractivity contribution in [2.75, 3.05) is 4.90 Å². The molecule has 0 spiro atoms. The third-order valence-electron chi connectivity index (χ3n) is 5.45. The molecular weight excluding hydrogens is 430 g/mol. The highest BCUT2D eigenvalue weighted by Crippen LogP contribution is 2.30. The molecule has 1 saturated carbocycles. The number of hydrogen-bond donors (Lipinski definition) is 1. The molecule has 2 aromatic carbocycles. The van der Waals surface area contributed by atoms with Gasteiger partial charge in [0.2, 0.25) is 5.91 Å². The van der Waals surface area contributed by atoms with Crippen LogP contribution in [-0.4, -0.2) is 17.0 Å². The van der Waals surface area contributed by atoms with Gasteiger partial charge >= 0.3 is 5.97 Å². The molecule has 0 aliphatic heterocycles. The van der Waals surface area contributed by atoms with Crippen LogP contribution in [0.1, 0.15) is 48.8 Å². The number of rotatable bonds is 6. The van der Waals surface area contributed by atoms with Crippen LogP contribution in [0.4, 0.5) is 5.69 Å². The highest BCUT2D eigenvalue weighted by molar-refractivity contribution is 9.10. The first-order valence-corrected chi connectivity index (χ1v) is 10.8. The monoisotopic (exact) mass is 455 g/mol. The van der Waals surface area contributed by atoms with E-state index in [1.807, 2.05) is 35.2 Å². The van der Waals surface area contributed by atoms with Crippen LogP contribution in [0.5, 0.6) is 0 Å². The number of aryl methyl sites for hydroxylation is 1. The highest BCUT2D eigenvalue weighted by atomic mass is 79.9. The summed E-state index contributed by atoms with van der Waals surface area (Å²) < 4.78 is 1.02. The van der Waals surface area contributed by atoms with E-state index in [-0.39, 0.29) is 11.8 Å². The lowest BCUT2D eigenvalue weighted by molar-refractivity contribution is -0.131. The van der Waals surface area contributed by atoms with Crippen molar-refractivity contribution in [1.82, 2.24) is 0 Å². The number of anilines is 1. The van der Waals surface area contributed by atoms with Crippen molar-refractivity contribution in [3.63, 3.8) is 0 Å². The van der Waals surface area contributed by atoms with E-state index in [0.29, 0.717) is 6.54 Å². The van der Waals surface area contributed by atoms with Crippen molar-refractivity contribution in [2.45, 2.75) is 45.6 Å². The van der Waals surface area contributed by atoms with E-state index in [2.05, 4.69) is 35.0 Å². The van der Waals surface area contributed by atoms with Gasteiger partial charge in [-0.05, 0) is 66.8 Å². The lowest BCUT2D eigenvalue weighted by Crippen LogP contribution is -2.37. The number of nitrogens with zero attached hydrogens (tertiary/aromatic N) is 1. The van der Waals surface area contributed by atoms with Gasteiger partial charge in [0, 0.05) is 22.2 Å². The molecule has 1 fully saturated rings. The molecule has 1 aliphatic rings. The normalized spacial score (nSPS) is 14.8. The maximum absolute atomic E-state index is 13.5. The number of hydrogen-bond acceptors (Lipinski definition) is 2. The topological polar surface area (TPSA) is 57.6 Å². The van der Waals surface area contributed by atoms with Gasteiger partial charge in [0.25, 0.3) is 0 Å². The Bertz CT molecular complexity index is 916. The quantitative estimate of drug-likeness (QED) is 0.545. The summed E-state index contributed by atoms with van der Waals surface area (Å²) in [5, 5.41) is 8.90. The van der Waals surface area contributed by atoms with Gasteiger partial charge in [-0.25, -0.2) is 4.79 Å². The second-order valence-corrected chi connectivity index (χ2v) is 8.51. The largest absolute Gasteiger partial charge is 0.478 e. The first kappa shape index (κ1) is 21.3. The van der Waals surface area contributed by atoms with Gasteiger partial charge in [-0.3, -0.25) is 4.79 Å². The summed E-state index contributed by atoms with van der Waals surface area (Å²) in [7, 11) is 0. The van der Waals surface area contributed by atoms with Crippen molar-refractivity contribution in [1.29, 1.82) is 0 Å². The first-order valence-electron chi connectivity index (χ1n) is 10.0. The van der Waals surface area contributed by atoms with Crippen molar-refractivity contribution in [2.24, 2.45) is 5.92 Å². The second kappa shape index (κ2) is 9.88. The zero-order chi connectivity index (χ0) is 20.8. The summed E-state index contributed by atoms with van der Waals surface area (Å²) in [5.74, 6) is -0.778. The van der Waals surface area contributed by atoms with Crippen LogP contribution in [0.15, 0.2) is 53.0 Å². The van der Waals surface area contributed by atoms with Crippen LogP contribution in [0.3, 0.4) is 0 Å². The van der Waals surface area contributed by atoms with Crippen molar-refractivity contribution >= 4 is 39.6 Å². The number of halogens is 1. The van der Waals surface area contributed by atoms with E-state index in [4.69, 9.17) is 5.11 Å². The van der Waals surface area contributed by atoms with Crippen molar-refractivity contribution in [3.05, 3.63) is 69.7 Å². The zero-order valence-corrected chi connectivity index (χ0v) is 18.2.